The van der Waals surface area contributed by atoms with Gasteiger partial charge in [-0.05, 0) is 62.2 Å². The first-order valence-corrected chi connectivity index (χ1v) is 17.6. The minimum absolute atomic E-state index is 0.0337. The van der Waals surface area contributed by atoms with Gasteiger partial charge < -0.3 is 24.8 Å². The van der Waals surface area contributed by atoms with Gasteiger partial charge in [0.05, 0.1) is 29.9 Å². The van der Waals surface area contributed by atoms with Gasteiger partial charge in [-0.1, -0.05) is 24.1 Å². The Labute approximate surface area is 292 Å². The molecule has 9 rings (SSSR count). The average Bonchev–Trinajstić information content (AvgIpc) is 3.86. The van der Waals surface area contributed by atoms with Crippen molar-refractivity contribution in [3.63, 3.8) is 0 Å². The lowest BCUT2D eigenvalue weighted by Gasteiger charge is -2.41. The van der Waals surface area contributed by atoms with Crippen LogP contribution in [0.2, 0.25) is 0 Å². The van der Waals surface area contributed by atoms with Gasteiger partial charge in [0.15, 0.2) is 5.82 Å². The molecular formula is C37H37F2N9O3. The maximum atomic E-state index is 17.2. The normalized spacial score (nSPS) is 24.3. The van der Waals surface area contributed by atoms with Gasteiger partial charge in [0, 0.05) is 42.3 Å². The Morgan fingerprint density at radius 2 is 2.06 bits per heavy atom. The van der Waals surface area contributed by atoms with Gasteiger partial charge in [-0.25, -0.2) is 13.8 Å². The van der Waals surface area contributed by atoms with Crippen LogP contribution in [0, 0.1) is 24.0 Å². The summed E-state index contributed by atoms with van der Waals surface area (Å²) in [6, 6.07) is 5.85. The highest BCUT2D eigenvalue weighted by Crippen LogP contribution is 2.45. The van der Waals surface area contributed by atoms with E-state index in [4.69, 9.17) is 30.8 Å². The first-order chi connectivity index (χ1) is 24.9. The summed E-state index contributed by atoms with van der Waals surface area (Å²) in [5, 5.41) is 23.5. The number of pyridine rings is 1. The molecule has 0 radical (unpaired) electrons. The Balaban J connectivity index is 1.17. The van der Waals surface area contributed by atoms with Gasteiger partial charge in [0.25, 0.3) is 0 Å². The molecule has 5 aromatic rings. The number of rotatable bonds is 7. The van der Waals surface area contributed by atoms with Crippen LogP contribution in [0.1, 0.15) is 44.6 Å². The molecule has 0 bridgehead atoms. The van der Waals surface area contributed by atoms with Crippen molar-refractivity contribution in [2.24, 2.45) is 0 Å². The van der Waals surface area contributed by atoms with E-state index in [-0.39, 0.29) is 69.6 Å². The number of piperazine rings is 1. The van der Waals surface area contributed by atoms with E-state index in [2.05, 4.69) is 38.3 Å². The van der Waals surface area contributed by atoms with E-state index < -0.39 is 11.6 Å². The largest absolute Gasteiger partial charge is 0.508 e. The monoisotopic (exact) mass is 693 g/mol. The molecule has 3 saturated heterocycles. The van der Waals surface area contributed by atoms with E-state index in [1.54, 1.807) is 6.20 Å². The fourth-order valence-electron chi connectivity index (χ4n) is 8.90. The number of benzene rings is 2. The molecule has 262 valence electrons. The van der Waals surface area contributed by atoms with Gasteiger partial charge >= 0.3 is 6.01 Å². The lowest BCUT2D eigenvalue weighted by molar-refractivity contribution is 0.0787. The quantitative estimate of drug-likeness (QED) is 0.235. The van der Waals surface area contributed by atoms with Crippen molar-refractivity contribution in [2.75, 3.05) is 37.7 Å². The molecule has 4 aliphatic rings. The van der Waals surface area contributed by atoms with Gasteiger partial charge in [-0.15, -0.1) is 11.5 Å². The summed E-state index contributed by atoms with van der Waals surface area (Å²) in [6.07, 6.45) is 14.1. The average molecular weight is 694 g/mol. The number of aromatic hydroxyl groups is 1. The van der Waals surface area contributed by atoms with Crippen LogP contribution >= 0.6 is 0 Å². The van der Waals surface area contributed by atoms with Gasteiger partial charge in [0.1, 0.15) is 47.2 Å². The smallest absolute Gasteiger partial charge is 0.319 e. The molecule has 3 aromatic heterocycles. The van der Waals surface area contributed by atoms with Crippen LogP contribution in [0.25, 0.3) is 32.9 Å². The second kappa shape index (κ2) is 12.3. The van der Waals surface area contributed by atoms with E-state index in [1.165, 1.54) is 24.3 Å². The van der Waals surface area contributed by atoms with E-state index in [9.17, 15) is 5.11 Å². The van der Waals surface area contributed by atoms with Crippen molar-refractivity contribution in [2.45, 2.75) is 69.2 Å². The standard InChI is InChI=1S/C37H37F2N9O3/c1-3-24-26(38)7-6-21-16-23(49)17-25(29(21)24)32-31(39)33-30-34(47-15-11-40-27(4-2)28(47)19-50-35(30)42-32)44-36(43-33)51-20-37-9-5-13-48(37)22(8-10-37)18-46-14-12-41-45-46/h1,6-7,12,14,16-17,22,27-28,40,49H,4-5,8-11,13,15,18-20H2,2H3/t22-,27-,28+,37-/m0/s1. The number of nitrogens with zero attached hydrogens (tertiary/aromatic N) is 8. The molecule has 12 nitrogen and oxygen atoms in total. The molecule has 0 unspecified atom stereocenters. The molecule has 51 heavy (non-hydrogen) atoms. The Morgan fingerprint density at radius 1 is 1.16 bits per heavy atom. The number of hydrogen-bond acceptors (Lipinski definition) is 11. The van der Waals surface area contributed by atoms with Crippen molar-refractivity contribution in [1.29, 1.82) is 0 Å². The second-order valence-electron chi connectivity index (χ2n) is 14.0. The third-order valence-electron chi connectivity index (χ3n) is 11.3. The molecule has 2 aromatic carbocycles. The van der Waals surface area contributed by atoms with E-state index in [0.717, 1.165) is 45.2 Å². The first-order valence-electron chi connectivity index (χ1n) is 17.6. The zero-order chi connectivity index (χ0) is 34.9. The molecule has 14 heteroatoms. The lowest BCUT2D eigenvalue weighted by atomic mass is 9.95. The fraction of sp³-hybridized carbons (Fsp3) is 0.432. The number of hydrogen-bond donors (Lipinski definition) is 2. The highest BCUT2D eigenvalue weighted by Gasteiger charge is 2.50. The highest BCUT2D eigenvalue weighted by atomic mass is 19.1. The molecule has 2 N–H and O–H groups in total. The van der Waals surface area contributed by atoms with E-state index >= 15 is 8.78 Å². The molecule has 0 aliphatic carbocycles. The summed E-state index contributed by atoms with van der Waals surface area (Å²) >= 11 is 0. The first kappa shape index (κ1) is 31.8. The van der Waals surface area contributed by atoms with Crippen LogP contribution < -0.4 is 19.7 Å². The third-order valence-corrected chi connectivity index (χ3v) is 11.3. The number of aromatic nitrogens is 6. The van der Waals surface area contributed by atoms with E-state index in [1.807, 2.05) is 10.9 Å². The van der Waals surface area contributed by atoms with Crippen molar-refractivity contribution in [3.8, 4) is 41.2 Å². The summed E-state index contributed by atoms with van der Waals surface area (Å²) in [6.45, 7) is 5.75. The summed E-state index contributed by atoms with van der Waals surface area (Å²) in [4.78, 5) is 19.0. The van der Waals surface area contributed by atoms with Crippen LogP contribution in [0.15, 0.2) is 36.7 Å². The number of fused-ring (bicyclic) bond motifs is 4. The zero-order valence-corrected chi connectivity index (χ0v) is 28.1. The molecule has 0 saturated carbocycles. The highest BCUT2D eigenvalue weighted by molar-refractivity contribution is 6.04. The Morgan fingerprint density at radius 3 is 2.88 bits per heavy atom. The number of ether oxygens (including phenoxy) is 2. The minimum Gasteiger partial charge on any atom is -0.508 e. The van der Waals surface area contributed by atoms with Crippen molar-refractivity contribution in [3.05, 3.63) is 53.9 Å². The van der Waals surface area contributed by atoms with Crippen LogP contribution in [0.5, 0.6) is 17.6 Å². The van der Waals surface area contributed by atoms with Crippen LogP contribution in [0.4, 0.5) is 14.6 Å². The van der Waals surface area contributed by atoms with Crippen molar-refractivity contribution >= 4 is 27.5 Å². The molecule has 0 spiro atoms. The number of halogens is 2. The molecule has 0 amide bonds. The van der Waals surface area contributed by atoms with Gasteiger partial charge in [-0.2, -0.15) is 9.97 Å². The predicted molar refractivity (Wildman–Crippen MR) is 186 cm³/mol. The second-order valence-corrected chi connectivity index (χ2v) is 14.0. The number of phenolic OH excluding ortho intramolecular Hbond substituents is 1. The zero-order valence-electron chi connectivity index (χ0n) is 28.1. The molecule has 4 aliphatic heterocycles. The van der Waals surface area contributed by atoms with E-state index in [0.29, 0.717) is 42.3 Å². The number of terminal acetylenes is 1. The van der Waals surface area contributed by atoms with Crippen LogP contribution in [-0.2, 0) is 6.54 Å². The number of anilines is 1. The van der Waals surface area contributed by atoms with Crippen LogP contribution in [-0.4, -0.2) is 96.5 Å². The topological polar surface area (TPSA) is 127 Å². The Kier molecular flexibility index (Phi) is 7.66. The SMILES string of the molecule is C#Cc1c(F)ccc2cc(O)cc(-c3nc4c5c(nc(OC[C@@]67CCCN6[C@H](Cn6ccnn6)CC7)nc5c3F)N3CCN[C@@H](CC)[C@H]3CO4)c12. The maximum Gasteiger partial charge on any atom is 0.319 e. The summed E-state index contributed by atoms with van der Waals surface area (Å²) in [5.74, 6) is 1.48. The molecule has 3 fully saturated rings. The Hall–Kier alpha value is -5.13. The predicted octanol–water partition coefficient (Wildman–Crippen LogP) is 4.43. The Bertz CT molecular complexity index is 2210. The van der Waals surface area contributed by atoms with Gasteiger partial charge in [-0.3, -0.25) is 9.58 Å². The van der Waals surface area contributed by atoms with Crippen molar-refractivity contribution in [1.82, 2.24) is 40.2 Å². The van der Waals surface area contributed by atoms with Crippen LogP contribution in [0.3, 0.4) is 0 Å². The maximum absolute atomic E-state index is 17.2. The van der Waals surface area contributed by atoms with Crippen molar-refractivity contribution < 1.29 is 23.4 Å². The summed E-state index contributed by atoms with van der Waals surface area (Å²) in [7, 11) is 0. The molecule has 4 atom stereocenters. The summed E-state index contributed by atoms with van der Waals surface area (Å²) in [5.41, 5.74) is -0.341. The minimum atomic E-state index is -0.778. The molecular weight excluding hydrogens is 656 g/mol. The number of phenols is 1. The van der Waals surface area contributed by atoms with Gasteiger partial charge in [0.2, 0.25) is 5.88 Å². The molecule has 7 heterocycles. The fourth-order valence-corrected chi connectivity index (χ4v) is 8.90. The summed E-state index contributed by atoms with van der Waals surface area (Å²) < 4.78 is 47.0. The number of nitrogens with one attached hydrogen (secondary N) is 1. The lowest BCUT2D eigenvalue weighted by Crippen LogP contribution is -2.60. The third kappa shape index (κ3) is 5.12.